The minimum Gasteiger partial charge on any atom is -0.554 e. The lowest BCUT2D eigenvalue weighted by molar-refractivity contribution is -0.916. The van der Waals surface area contributed by atoms with E-state index in [1.165, 1.54) is 49.7 Å². The number of carbonyl (C=O) groups excluding carboxylic acids is 1. The van der Waals surface area contributed by atoms with Gasteiger partial charge in [0.2, 0.25) is 0 Å². The molecule has 2 unspecified atom stereocenters. The molecule has 0 radical (unpaired) electrons. The molecule has 2 atom stereocenters. The van der Waals surface area contributed by atoms with Crippen molar-refractivity contribution >= 4 is 6.47 Å². The first-order valence-corrected chi connectivity index (χ1v) is 7.89. The van der Waals surface area contributed by atoms with Crippen LogP contribution in [0.3, 0.4) is 0 Å². The van der Waals surface area contributed by atoms with Crippen LogP contribution in [0.15, 0.2) is 11.9 Å². The predicted molar refractivity (Wildman–Crippen MR) is 81.5 cm³/mol. The summed E-state index contributed by atoms with van der Waals surface area (Å²) in [6.45, 7) is 11.4. The van der Waals surface area contributed by atoms with Crippen molar-refractivity contribution in [1.29, 1.82) is 0 Å². The Hall–Kier alpha value is -1.03. The van der Waals surface area contributed by atoms with Crippen LogP contribution >= 0.6 is 0 Å². The van der Waals surface area contributed by atoms with E-state index in [-0.39, 0.29) is 0 Å². The van der Waals surface area contributed by atoms with E-state index < -0.39 is 6.47 Å². The molecular weight excluding hydrogens is 252 g/mol. The number of nitrogens with zero attached hydrogens (tertiary/aromatic N) is 2. The van der Waals surface area contributed by atoms with Gasteiger partial charge in [0.25, 0.3) is 0 Å². The van der Waals surface area contributed by atoms with Crippen LogP contribution in [0.4, 0.5) is 0 Å². The Labute approximate surface area is 124 Å². The number of hydrogen-bond donors (Lipinski definition) is 0. The highest BCUT2D eigenvalue weighted by molar-refractivity contribution is 5.29. The average Bonchev–Trinajstić information content (AvgIpc) is 2.68. The summed E-state index contributed by atoms with van der Waals surface area (Å²) < 4.78 is 1.21. The minimum absolute atomic E-state index is 0.500. The molecule has 1 aliphatic rings. The van der Waals surface area contributed by atoms with E-state index >= 15 is 0 Å². The highest BCUT2D eigenvalue weighted by atomic mass is 16.3. The van der Waals surface area contributed by atoms with Crippen molar-refractivity contribution in [3.63, 3.8) is 0 Å². The van der Waals surface area contributed by atoms with E-state index in [4.69, 9.17) is 9.90 Å². The van der Waals surface area contributed by atoms with Crippen LogP contribution < -0.4 is 5.11 Å². The van der Waals surface area contributed by atoms with E-state index in [9.17, 15) is 0 Å². The lowest BCUT2D eigenvalue weighted by atomic mass is 10.1. The molecule has 0 aromatic carbocycles. The molecule has 0 aromatic rings. The largest absolute Gasteiger partial charge is 0.554 e. The van der Waals surface area contributed by atoms with Crippen molar-refractivity contribution < 1.29 is 14.4 Å². The fourth-order valence-corrected chi connectivity index (χ4v) is 3.09. The smallest absolute Gasteiger partial charge is 0.165 e. The van der Waals surface area contributed by atoms with Gasteiger partial charge < -0.3 is 14.8 Å². The lowest BCUT2D eigenvalue weighted by Gasteiger charge is -2.41. The van der Waals surface area contributed by atoms with Gasteiger partial charge in [-0.25, -0.2) is 0 Å². The van der Waals surface area contributed by atoms with Crippen LogP contribution in [0.1, 0.15) is 59.8 Å². The number of allylic oxidation sites excluding steroid dienone is 1. The summed E-state index contributed by atoms with van der Waals surface area (Å²) in [5.74, 6) is 0. The van der Waals surface area contributed by atoms with Gasteiger partial charge in [0.05, 0.1) is 19.3 Å². The maximum Gasteiger partial charge on any atom is 0.165 e. The zero-order valence-electron chi connectivity index (χ0n) is 13.9. The van der Waals surface area contributed by atoms with Crippen molar-refractivity contribution in [2.75, 3.05) is 20.1 Å². The van der Waals surface area contributed by atoms with Crippen LogP contribution in [0.2, 0.25) is 0 Å². The van der Waals surface area contributed by atoms with Crippen molar-refractivity contribution in [1.82, 2.24) is 4.90 Å². The summed E-state index contributed by atoms with van der Waals surface area (Å²) in [7, 11) is 2.23. The fraction of sp³-hybridized carbons (Fsp3) is 0.812. The van der Waals surface area contributed by atoms with Crippen LogP contribution in [0.25, 0.3) is 0 Å². The first-order chi connectivity index (χ1) is 9.53. The van der Waals surface area contributed by atoms with Gasteiger partial charge in [-0.05, 0) is 19.8 Å². The Balaban J connectivity index is 0.00000110. The summed E-state index contributed by atoms with van der Waals surface area (Å²) >= 11 is 0. The maximum atomic E-state index is 8.25. The Morgan fingerprint density at radius 3 is 2.30 bits per heavy atom. The van der Waals surface area contributed by atoms with Crippen molar-refractivity contribution in [3.8, 4) is 0 Å². The molecule has 0 aliphatic carbocycles. The fourth-order valence-electron chi connectivity index (χ4n) is 3.09. The summed E-state index contributed by atoms with van der Waals surface area (Å²) in [6.07, 6.45) is 9.60. The molecule has 0 spiro atoms. The van der Waals surface area contributed by atoms with Crippen LogP contribution in [-0.4, -0.2) is 42.2 Å². The van der Waals surface area contributed by atoms with Crippen molar-refractivity contribution in [3.05, 3.63) is 11.9 Å². The molecule has 0 N–H and O–H groups in total. The van der Waals surface area contributed by atoms with Crippen LogP contribution in [0.5, 0.6) is 0 Å². The summed E-state index contributed by atoms with van der Waals surface area (Å²) in [5, 5.41) is 8.25. The molecule has 0 fully saturated rings. The lowest BCUT2D eigenvalue weighted by Crippen LogP contribution is -2.54. The van der Waals surface area contributed by atoms with E-state index in [0.717, 1.165) is 0 Å². The van der Waals surface area contributed by atoms with Gasteiger partial charge in [-0.2, -0.15) is 0 Å². The van der Waals surface area contributed by atoms with Crippen molar-refractivity contribution in [2.24, 2.45) is 0 Å². The van der Waals surface area contributed by atoms with Gasteiger partial charge in [-0.15, -0.1) is 0 Å². The summed E-state index contributed by atoms with van der Waals surface area (Å²) in [4.78, 5) is 10.7. The molecule has 0 bridgehead atoms. The molecule has 1 aliphatic heterocycles. The molecule has 1 heterocycles. The zero-order chi connectivity index (χ0) is 15.6. The van der Waals surface area contributed by atoms with Gasteiger partial charge in [-0.1, -0.05) is 26.7 Å². The highest BCUT2D eigenvalue weighted by Crippen LogP contribution is 2.34. The third-order valence-electron chi connectivity index (χ3n) is 4.49. The normalized spacial score (nSPS) is 24.9. The zero-order valence-corrected chi connectivity index (χ0v) is 13.9. The third-order valence-corrected chi connectivity index (χ3v) is 4.49. The monoisotopic (exact) mass is 284 g/mol. The quantitative estimate of drug-likeness (QED) is 0.532. The van der Waals surface area contributed by atoms with E-state index in [1.807, 2.05) is 0 Å². The standard InChI is InChI=1S/C15H31N2.CH2O2/c1-6-9-11-15-13-16(5)14(4)17(15,8-3)12-10-7-2;2-1-3/h13-14H,6-12H2,1-5H3;1H,(H,2,3)/q+1;/p-1. The van der Waals surface area contributed by atoms with Crippen LogP contribution in [-0.2, 0) is 4.79 Å². The van der Waals surface area contributed by atoms with E-state index in [2.05, 4.69) is 45.8 Å². The van der Waals surface area contributed by atoms with Crippen molar-refractivity contribution in [2.45, 2.75) is 66.0 Å². The number of rotatable bonds is 7. The maximum absolute atomic E-state index is 8.25. The molecule has 20 heavy (non-hydrogen) atoms. The number of quaternary nitrogens is 1. The van der Waals surface area contributed by atoms with Gasteiger partial charge in [-0.3, -0.25) is 4.48 Å². The molecule has 0 amide bonds. The highest BCUT2D eigenvalue weighted by Gasteiger charge is 2.42. The third kappa shape index (κ3) is 4.51. The van der Waals surface area contributed by atoms with E-state index in [1.54, 1.807) is 5.70 Å². The Bertz CT molecular complexity index is 305. The molecule has 0 aromatic heterocycles. The molecule has 1 rings (SSSR count). The molecule has 4 heteroatoms. The second-order valence-corrected chi connectivity index (χ2v) is 5.55. The Morgan fingerprint density at radius 1 is 1.30 bits per heavy atom. The first kappa shape index (κ1) is 19.0. The number of carbonyl (C=O) groups is 1. The molecule has 0 saturated carbocycles. The summed E-state index contributed by atoms with van der Waals surface area (Å²) in [5.41, 5.74) is 1.66. The van der Waals surface area contributed by atoms with E-state index in [0.29, 0.717) is 6.17 Å². The van der Waals surface area contributed by atoms with Gasteiger partial charge in [0, 0.05) is 26.9 Å². The minimum atomic E-state index is -0.500. The molecule has 4 nitrogen and oxygen atoms in total. The molecule has 118 valence electrons. The number of hydrogen-bond acceptors (Lipinski definition) is 3. The van der Waals surface area contributed by atoms with Gasteiger partial charge in [0.1, 0.15) is 5.70 Å². The SMILES string of the molecule is CCCCC1=CN(C)C(C)[N+]1(CC)CCCC.O=C[O-]. The first-order valence-electron chi connectivity index (χ1n) is 7.89. The Kier molecular flexibility index (Phi) is 9.30. The topological polar surface area (TPSA) is 43.4 Å². The molecular formula is C16H32N2O2. The second-order valence-electron chi connectivity index (χ2n) is 5.55. The number of unbranched alkanes of at least 4 members (excludes halogenated alkanes) is 2. The molecule has 0 saturated heterocycles. The van der Waals surface area contributed by atoms with Gasteiger partial charge >= 0.3 is 0 Å². The number of carboxylic acid groups (broad SMARTS) is 1. The Morgan fingerprint density at radius 2 is 1.85 bits per heavy atom. The summed E-state index contributed by atoms with van der Waals surface area (Å²) in [6, 6.07) is 0. The predicted octanol–water partition coefficient (Wildman–Crippen LogP) is 2.31. The second kappa shape index (κ2) is 9.81. The van der Waals surface area contributed by atoms with Crippen LogP contribution in [0, 0.1) is 0 Å². The van der Waals surface area contributed by atoms with Gasteiger partial charge in [0.15, 0.2) is 6.17 Å². The average molecular weight is 284 g/mol.